The fraction of sp³-hybridized carbons (Fsp3) is 0.353. The lowest BCUT2D eigenvalue weighted by Crippen LogP contribution is -2.11. The van der Waals surface area contributed by atoms with E-state index in [4.69, 9.17) is 10.5 Å². The zero-order chi connectivity index (χ0) is 14.6. The second kappa shape index (κ2) is 6.06. The Morgan fingerprint density at radius 2 is 1.95 bits per heavy atom. The number of aromatic nitrogens is 1. The van der Waals surface area contributed by atoms with Crippen molar-refractivity contribution in [3.63, 3.8) is 0 Å². The zero-order valence-corrected chi connectivity index (χ0v) is 12.4. The van der Waals surface area contributed by atoms with Crippen LogP contribution in [0.3, 0.4) is 0 Å². The van der Waals surface area contributed by atoms with Gasteiger partial charge in [-0.2, -0.15) is 0 Å². The number of nitrogens with two attached hydrogens (primary N) is 1. The number of nitrogens with zero attached hydrogens (tertiary/aromatic N) is 1. The first-order valence-corrected chi connectivity index (χ1v) is 6.86. The van der Waals surface area contributed by atoms with Crippen LogP contribution in [0.4, 0.5) is 0 Å². The average molecular weight is 270 g/mol. The van der Waals surface area contributed by atoms with Crippen LogP contribution in [-0.2, 0) is 18.6 Å². The van der Waals surface area contributed by atoms with Crippen molar-refractivity contribution in [2.75, 3.05) is 0 Å². The Morgan fingerprint density at radius 1 is 1.15 bits per heavy atom. The summed E-state index contributed by atoms with van der Waals surface area (Å²) in [5.41, 5.74) is 8.88. The quantitative estimate of drug-likeness (QED) is 0.926. The van der Waals surface area contributed by atoms with Crippen molar-refractivity contribution in [1.29, 1.82) is 0 Å². The highest BCUT2D eigenvalue weighted by Gasteiger charge is 2.13. The van der Waals surface area contributed by atoms with Crippen molar-refractivity contribution < 1.29 is 4.74 Å². The van der Waals surface area contributed by atoms with Gasteiger partial charge in [-0.05, 0) is 34.7 Å². The van der Waals surface area contributed by atoms with Crippen LogP contribution in [0.15, 0.2) is 42.6 Å². The number of pyridine rings is 1. The van der Waals surface area contributed by atoms with E-state index < -0.39 is 0 Å². The number of hydrogen-bond donors (Lipinski definition) is 1. The molecule has 2 aromatic rings. The smallest absolute Gasteiger partial charge is 0.130 e. The normalized spacial score (nSPS) is 11.4. The van der Waals surface area contributed by atoms with Gasteiger partial charge in [0.15, 0.2) is 0 Å². The van der Waals surface area contributed by atoms with Gasteiger partial charge in [-0.3, -0.25) is 4.98 Å². The topological polar surface area (TPSA) is 48.1 Å². The molecule has 2 rings (SSSR count). The van der Waals surface area contributed by atoms with E-state index in [-0.39, 0.29) is 5.41 Å². The molecule has 2 N–H and O–H groups in total. The first kappa shape index (κ1) is 14.5. The first-order valence-electron chi connectivity index (χ1n) is 6.86. The summed E-state index contributed by atoms with van der Waals surface area (Å²) in [6.45, 7) is 7.57. The molecule has 0 amide bonds. The van der Waals surface area contributed by atoms with E-state index in [2.05, 4.69) is 37.9 Å². The summed E-state index contributed by atoms with van der Waals surface area (Å²) in [5.74, 6) is 0.877. The Hall–Kier alpha value is -1.87. The summed E-state index contributed by atoms with van der Waals surface area (Å²) in [6, 6.07) is 12.2. The Bertz CT molecular complexity index is 556. The molecule has 1 aromatic heterocycles. The molecule has 0 saturated heterocycles. The lowest BCUT2D eigenvalue weighted by atomic mass is 9.87. The van der Waals surface area contributed by atoms with E-state index in [1.807, 2.05) is 24.3 Å². The van der Waals surface area contributed by atoms with Gasteiger partial charge in [0.05, 0.1) is 5.69 Å². The molecule has 3 heteroatoms. The Balaban J connectivity index is 2.03. The molecule has 0 saturated carbocycles. The van der Waals surface area contributed by atoms with Gasteiger partial charge in [0.2, 0.25) is 0 Å². The number of benzene rings is 1. The molecule has 0 fully saturated rings. The summed E-state index contributed by atoms with van der Waals surface area (Å²) in [5, 5.41) is 0. The van der Waals surface area contributed by atoms with Gasteiger partial charge < -0.3 is 10.5 Å². The van der Waals surface area contributed by atoms with Gasteiger partial charge in [0.1, 0.15) is 12.4 Å². The minimum absolute atomic E-state index is 0.125. The van der Waals surface area contributed by atoms with Crippen LogP contribution >= 0.6 is 0 Å². The maximum absolute atomic E-state index is 5.81. The molecule has 0 radical (unpaired) electrons. The molecule has 106 valence electrons. The second-order valence-corrected chi connectivity index (χ2v) is 5.93. The summed E-state index contributed by atoms with van der Waals surface area (Å²) < 4.78 is 5.81. The molecule has 1 aromatic carbocycles. The van der Waals surface area contributed by atoms with Crippen molar-refractivity contribution in [3.8, 4) is 5.75 Å². The number of hydrogen-bond acceptors (Lipinski definition) is 3. The third-order valence-electron chi connectivity index (χ3n) is 3.21. The van der Waals surface area contributed by atoms with Gasteiger partial charge in [-0.15, -0.1) is 0 Å². The molecule has 20 heavy (non-hydrogen) atoms. The molecule has 0 aliphatic heterocycles. The van der Waals surface area contributed by atoms with Crippen LogP contribution < -0.4 is 10.5 Å². The molecule has 3 nitrogen and oxygen atoms in total. The van der Waals surface area contributed by atoms with Crippen molar-refractivity contribution in [2.24, 2.45) is 5.73 Å². The molecule has 0 bridgehead atoms. The number of rotatable bonds is 4. The van der Waals surface area contributed by atoms with Crippen molar-refractivity contribution in [2.45, 2.75) is 39.3 Å². The standard InChI is InChI=1S/C17H22N2O/c1-17(2,3)14-5-4-6-16(9-14)20-12-15-8-7-13(10-18)11-19-15/h4-9,11H,10,12,18H2,1-3H3. The molecule has 0 unspecified atom stereocenters. The maximum atomic E-state index is 5.81. The van der Waals surface area contributed by atoms with Crippen LogP contribution in [-0.4, -0.2) is 4.98 Å². The third kappa shape index (κ3) is 3.81. The van der Waals surface area contributed by atoms with E-state index in [1.165, 1.54) is 5.56 Å². The van der Waals surface area contributed by atoms with Crippen molar-refractivity contribution >= 4 is 0 Å². The van der Waals surface area contributed by atoms with Gasteiger partial charge in [0, 0.05) is 12.7 Å². The Labute approximate surface area is 120 Å². The molecule has 0 spiro atoms. The predicted molar refractivity (Wildman–Crippen MR) is 81.6 cm³/mol. The molecule has 0 aliphatic rings. The fourth-order valence-electron chi connectivity index (χ4n) is 1.87. The van der Waals surface area contributed by atoms with Crippen LogP contribution in [0.5, 0.6) is 5.75 Å². The molecule has 0 aliphatic carbocycles. The van der Waals surface area contributed by atoms with E-state index in [0.717, 1.165) is 17.0 Å². The fourth-order valence-corrected chi connectivity index (χ4v) is 1.87. The molecule has 1 heterocycles. The zero-order valence-electron chi connectivity index (χ0n) is 12.4. The Morgan fingerprint density at radius 3 is 2.55 bits per heavy atom. The minimum atomic E-state index is 0.125. The molecular formula is C17H22N2O. The lowest BCUT2D eigenvalue weighted by molar-refractivity contribution is 0.300. The first-order chi connectivity index (χ1) is 9.49. The third-order valence-corrected chi connectivity index (χ3v) is 3.21. The highest BCUT2D eigenvalue weighted by atomic mass is 16.5. The van der Waals surface area contributed by atoms with Crippen LogP contribution in [0.25, 0.3) is 0 Å². The van der Waals surface area contributed by atoms with E-state index in [0.29, 0.717) is 13.2 Å². The summed E-state index contributed by atoms with van der Waals surface area (Å²) in [7, 11) is 0. The lowest BCUT2D eigenvalue weighted by Gasteiger charge is -2.19. The van der Waals surface area contributed by atoms with Crippen LogP contribution in [0.2, 0.25) is 0 Å². The van der Waals surface area contributed by atoms with E-state index >= 15 is 0 Å². The average Bonchev–Trinajstić information content (AvgIpc) is 2.45. The molecule has 0 atom stereocenters. The van der Waals surface area contributed by atoms with Crippen molar-refractivity contribution in [3.05, 3.63) is 59.4 Å². The highest BCUT2D eigenvalue weighted by Crippen LogP contribution is 2.25. The summed E-state index contributed by atoms with van der Waals surface area (Å²) in [6.07, 6.45) is 1.80. The van der Waals surface area contributed by atoms with Gasteiger partial charge in [-0.1, -0.05) is 39.0 Å². The number of ether oxygens (including phenoxy) is 1. The monoisotopic (exact) mass is 270 g/mol. The summed E-state index contributed by atoms with van der Waals surface area (Å²) in [4.78, 5) is 4.33. The Kier molecular flexibility index (Phi) is 4.40. The molecular weight excluding hydrogens is 248 g/mol. The SMILES string of the molecule is CC(C)(C)c1cccc(OCc2ccc(CN)cn2)c1. The van der Waals surface area contributed by atoms with E-state index in [1.54, 1.807) is 6.20 Å². The van der Waals surface area contributed by atoms with Gasteiger partial charge in [0.25, 0.3) is 0 Å². The maximum Gasteiger partial charge on any atom is 0.130 e. The largest absolute Gasteiger partial charge is 0.487 e. The highest BCUT2D eigenvalue weighted by molar-refractivity contribution is 5.32. The summed E-state index contributed by atoms with van der Waals surface area (Å²) >= 11 is 0. The van der Waals surface area contributed by atoms with Gasteiger partial charge >= 0.3 is 0 Å². The van der Waals surface area contributed by atoms with Gasteiger partial charge in [-0.25, -0.2) is 0 Å². The minimum Gasteiger partial charge on any atom is -0.487 e. The predicted octanol–water partition coefficient (Wildman–Crippen LogP) is 3.42. The van der Waals surface area contributed by atoms with E-state index in [9.17, 15) is 0 Å². The second-order valence-electron chi connectivity index (χ2n) is 5.93. The van der Waals surface area contributed by atoms with Crippen molar-refractivity contribution in [1.82, 2.24) is 4.98 Å². The van der Waals surface area contributed by atoms with Crippen LogP contribution in [0.1, 0.15) is 37.6 Å². The van der Waals surface area contributed by atoms with Crippen LogP contribution in [0, 0.1) is 0 Å².